The van der Waals surface area contributed by atoms with E-state index in [2.05, 4.69) is 4.99 Å². The van der Waals surface area contributed by atoms with E-state index in [0.29, 0.717) is 18.1 Å². The van der Waals surface area contributed by atoms with Crippen molar-refractivity contribution in [2.45, 2.75) is 31.6 Å². The van der Waals surface area contributed by atoms with Gasteiger partial charge in [0, 0.05) is 11.0 Å². The quantitative estimate of drug-likeness (QED) is 0.452. The number of nitrogens with zero attached hydrogens (tertiary/aromatic N) is 1. The van der Waals surface area contributed by atoms with Crippen molar-refractivity contribution in [2.24, 2.45) is 16.5 Å². The summed E-state index contributed by atoms with van der Waals surface area (Å²) in [5.41, 5.74) is 9.80. The summed E-state index contributed by atoms with van der Waals surface area (Å²) < 4.78 is 0. The molecule has 0 amide bonds. The van der Waals surface area contributed by atoms with E-state index in [1.807, 2.05) is 6.92 Å². The van der Waals surface area contributed by atoms with Gasteiger partial charge in [0.05, 0.1) is 12.4 Å². The van der Waals surface area contributed by atoms with Crippen LogP contribution in [0.25, 0.3) is 0 Å². The van der Waals surface area contributed by atoms with Gasteiger partial charge in [-0.2, -0.15) is 11.8 Å². The summed E-state index contributed by atoms with van der Waals surface area (Å²) in [6.45, 7) is 5.78. The van der Waals surface area contributed by atoms with Gasteiger partial charge < -0.3 is 16.6 Å². The van der Waals surface area contributed by atoms with Crippen molar-refractivity contribution in [3.8, 4) is 0 Å². The molecule has 0 rings (SSSR count). The maximum absolute atomic E-state index is 10.7. The molecule has 15 heavy (non-hydrogen) atoms. The zero-order valence-corrected chi connectivity index (χ0v) is 10.2. The molecule has 0 aliphatic rings. The van der Waals surface area contributed by atoms with E-state index in [9.17, 15) is 4.79 Å². The van der Waals surface area contributed by atoms with E-state index in [-0.39, 0.29) is 5.25 Å². The lowest BCUT2D eigenvalue weighted by Crippen LogP contribution is -2.47. The Kier molecular flexibility index (Phi) is 5.67. The Morgan fingerprint density at radius 1 is 1.67 bits per heavy atom. The molecule has 0 saturated carbocycles. The molecule has 0 heterocycles. The van der Waals surface area contributed by atoms with Gasteiger partial charge in [-0.05, 0) is 13.8 Å². The van der Waals surface area contributed by atoms with Crippen LogP contribution in [0, 0.1) is 0 Å². The van der Waals surface area contributed by atoms with Gasteiger partial charge in [0.15, 0.2) is 0 Å². The second-order valence-electron chi connectivity index (χ2n) is 3.83. The Labute approximate surface area is 94.3 Å². The van der Waals surface area contributed by atoms with Crippen LogP contribution in [0.1, 0.15) is 20.8 Å². The van der Waals surface area contributed by atoms with Crippen molar-refractivity contribution in [3.05, 3.63) is 0 Å². The lowest BCUT2D eigenvalue weighted by molar-refractivity contribution is -0.141. The summed E-state index contributed by atoms with van der Waals surface area (Å²) in [6, 6.07) is 0. The Bertz CT molecular complexity index is 250. The van der Waals surface area contributed by atoms with Crippen molar-refractivity contribution in [2.75, 3.05) is 12.3 Å². The molecule has 0 aromatic carbocycles. The molecule has 6 heteroatoms. The second-order valence-corrected chi connectivity index (χ2v) is 5.25. The fourth-order valence-corrected chi connectivity index (χ4v) is 1.64. The number of rotatable bonds is 6. The van der Waals surface area contributed by atoms with Crippen LogP contribution in [-0.2, 0) is 4.79 Å². The Morgan fingerprint density at radius 2 is 2.20 bits per heavy atom. The van der Waals surface area contributed by atoms with Crippen LogP contribution in [0.15, 0.2) is 4.99 Å². The number of aliphatic carboxylic acids is 1. The summed E-state index contributed by atoms with van der Waals surface area (Å²) in [6.07, 6.45) is 0. The zero-order valence-electron chi connectivity index (χ0n) is 9.36. The average Bonchev–Trinajstić information content (AvgIpc) is 2.11. The number of aliphatic imine (C=N–C) groups is 1. The first kappa shape index (κ1) is 14.2. The lowest BCUT2D eigenvalue weighted by atomic mass is 10.1. The number of carboxylic acids is 1. The van der Waals surface area contributed by atoms with Crippen molar-refractivity contribution < 1.29 is 9.90 Å². The van der Waals surface area contributed by atoms with Crippen LogP contribution >= 0.6 is 11.8 Å². The Hall–Kier alpha value is -0.750. The largest absolute Gasteiger partial charge is 0.480 e. The number of hydrogen-bond donors (Lipinski definition) is 3. The maximum Gasteiger partial charge on any atom is 0.324 e. The summed E-state index contributed by atoms with van der Waals surface area (Å²) in [4.78, 5) is 14.8. The van der Waals surface area contributed by atoms with Crippen LogP contribution in [0.3, 0.4) is 0 Å². The fraction of sp³-hybridized carbons (Fsp3) is 0.778. The molecule has 0 bridgehead atoms. The summed E-state index contributed by atoms with van der Waals surface area (Å²) >= 11 is 1.49. The molecule has 5 nitrogen and oxygen atoms in total. The van der Waals surface area contributed by atoms with E-state index in [1.165, 1.54) is 18.7 Å². The highest BCUT2D eigenvalue weighted by atomic mass is 32.2. The van der Waals surface area contributed by atoms with Gasteiger partial charge >= 0.3 is 5.97 Å². The number of nitrogens with two attached hydrogens (primary N) is 2. The van der Waals surface area contributed by atoms with Gasteiger partial charge in [-0.15, -0.1) is 0 Å². The van der Waals surface area contributed by atoms with E-state index in [1.54, 1.807) is 6.92 Å². The first-order chi connectivity index (χ1) is 6.75. The minimum Gasteiger partial charge on any atom is -0.480 e. The third-order valence-corrected chi connectivity index (χ3v) is 3.24. The predicted molar refractivity (Wildman–Crippen MR) is 64.3 cm³/mol. The highest BCUT2D eigenvalue weighted by Gasteiger charge is 2.28. The van der Waals surface area contributed by atoms with E-state index >= 15 is 0 Å². The molecule has 0 aromatic rings. The summed E-state index contributed by atoms with van der Waals surface area (Å²) in [7, 11) is 0. The Morgan fingerprint density at radius 3 is 2.60 bits per heavy atom. The predicted octanol–water partition coefficient (Wildman–Crippen LogP) is 0.287. The first-order valence-corrected chi connectivity index (χ1v) is 5.71. The van der Waals surface area contributed by atoms with E-state index in [0.717, 1.165) is 0 Å². The minimum absolute atomic E-state index is 0.214. The van der Waals surface area contributed by atoms with Gasteiger partial charge in [0.2, 0.25) is 0 Å². The molecule has 0 unspecified atom stereocenters. The standard InChI is InChI=1S/C9H19N3O2S/c1-6(4-12-7(2)10)15-5-9(3,11)8(13)14/h6H,4-5,11H2,1-3H3,(H2,10,12)(H,13,14)/t6-,9-/m1/s1. The molecule has 0 spiro atoms. The van der Waals surface area contributed by atoms with Crippen LogP contribution < -0.4 is 11.5 Å². The van der Waals surface area contributed by atoms with Gasteiger partial charge in [-0.1, -0.05) is 6.92 Å². The summed E-state index contributed by atoms with van der Waals surface area (Å²) in [5.74, 6) is -0.0836. The zero-order chi connectivity index (χ0) is 12.1. The highest BCUT2D eigenvalue weighted by Crippen LogP contribution is 2.16. The fourth-order valence-electron chi connectivity index (χ4n) is 0.702. The Balaban J connectivity index is 3.95. The van der Waals surface area contributed by atoms with Gasteiger partial charge in [0.25, 0.3) is 0 Å². The number of thioether (sulfide) groups is 1. The second kappa shape index (κ2) is 5.97. The van der Waals surface area contributed by atoms with Gasteiger partial charge in [-0.25, -0.2) is 0 Å². The van der Waals surface area contributed by atoms with Gasteiger partial charge in [0.1, 0.15) is 5.54 Å². The van der Waals surface area contributed by atoms with Crippen molar-refractivity contribution >= 4 is 23.6 Å². The lowest BCUT2D eigenvalue weighted by Gasteiger charge is -2.20. The molecule has 0 aliphatic carbocycles. The van der Waals surface area contributed by atoms with Crippen LogP contribution in [0.4, 0.5) is 0 Å². The number of hydrogen-bond acceptors (Lipinski definition) is 4. The van der Waals surface area contributed by atoms with E-state index < -0.39 is 11.5 Å². The number of carbonyl (C=O) groups is 1. The van der Waals surface area contributed by atoms with Crippen LogP contribution in [0.5, 0.6) is 0 Å². The van der Waals surface area contributed by atoms with Crippen molar-refractivity contribution in [1.82, 2.24) is 0 Å². The molecule has 88 valence electrons. The maximum atomic E-state index is 10.7. The molecular weight excluding hydrogens is 214 g/mol. The smallest absolute Gasteiger partial charge is 0.324 e. The van der Waals surface area contributed by atoms with Gasteiger partial charge in [-0.3, -0.25) is 9.79 Å². The molecular formula is C9H19N3O2S. The molecule has 0 aliphatic heterocycles. The van der Waals surface area contributed by atoms with Crippen molar-refractivity contribution in [1.29, 1.82) is 0 Å². The van der Waals surface area contributed by atoms with Crippen LogP contribution in [0.2, 0.25) is 0 Å². The van der Waals surface area contributed by atoms with Crippen LogP contribution in [-0.4, -0.2) is 40.0 Å². The summed E-state index contributed by atoms with van der Waals surface area (Å²) in [5, 5.41) is 9.00. The molecule has 0 radical (unpaired) electrons. The average molecular weight is 233 g/mol. The molecule has 2 atom stereocenters. The highest BCUT2D eigenvalue weighted by molar-refractivity contribution is 8.00. The third-order valence-electron chi connectivity index (χ3n) is 1.75. The number of amidine groups is 1. The third kappa shape index (κ3) is 6.35. The molecule has 0 fully saturated rings. The first-order valence-electron chi connectivity index (χ1n) is 4.66. The monoisotopic (exact) mass is 233 g/mol. The van der Waals surface area contributed by atoms with Crippen molar-refractivity contribution in [3.63, 3.8) is 0 Å². The molecule has 5 N–H and O–H groups in total. The SMILES string of the molecule is CC(N)=NC[C@@H](C)SC[C@@](C)(N)C(=O)O. The molecule has 0 saturated heterocycles. The topological polar surface area (TPSA) is 102 Å². The van der Waals surface area contributed by atoms with E-state index in [4.69, 9.17) is 16.6 Å². The number of carboxylic acid groups (broad SMARTS) is 1. The minimum atomic E-state index is -1.18. The normalized spacial score (nSPS) is 18.3. The molecule has 0 aromatic heterocycles.